The molecule has 1 aromatic rings. The summed E-state index contributed by atoms with van der Waals surface area (Å²) >= 11 is 0. The van der Waals surface area contributed by atoms with Crippen molar-refractivity contribution in [2.45, 2.75) is 52.0 Å². The maximum atomic E-state index is 3.56. The highest BCUT2D eigenvalue weighted by atomic mass is 15.1. The molecule has 0 radical (unpaired) electrons. The van der Waals surface area contributed by atoms with E-state index >= 15 is 0 Å². The van der Waals surface area contributed by atoms with Crippen LogP contribution in [0.15, 0.2) is 24.3 Å². The molecule has 1 heterocycles. The number of hydrogen-bond donors (Lipinski definition) is 1. The van der Waals surface area contributed by atoms with Crippen molar-refractivity contribution in [3.8, 4) is 0 Å². The fourth-order valence-electron chi connectivity index (χ4n) is 2.88. The number of anilines is 1. The quantitative estimate of drug-likeness (QED) is 0.840. The van der Waals surface area contributed by atoms with Gasteiger partial charge in [0.2, 0.25) is 0 Å². The van der Waals surface area contributed by atoms with E-state index in [9.17, 15) is 0 Å². The lowest BCUT2D eigenvalue weighted by molar-refractivity contribution is 0.424. The molecule has 0 saturated carbocycles. The monoisotopic (exact) mass is 260 g/mol. The smallest absolute Gasteiger partial charge is 0.0366 e. The van der Waals surface area contributed by atoms with E-state index in [-0.39, 0.29) is 0 Å². The first-order valence-corrected chi connectivity index (χ1v) is 7.90. The molecule has 0 aromatic heterocycles. The summed E-state index contributed by atoms with van der Waals surface area (Å²) < 4.78 is 0. The molecule has 0 bridgehead atoms. The summed E-state index contributed by atoms with van der Waals surface area (Å²) in [6, 6.07) is 9.95. The second kappa shape index (κ2) is 7.54. The van der Waals surface area contributed by atoms with Crippen LogP contribution in [0.3, 0.4) is 0 Å². The van der Waals surface area contributed by atoms with Crippen molar-refractivity contribution < 1.29 is 0 Å². The second-order valence-electron chi connectivity index (χ2n) is 5.59. The molecule has 106 valence electrons. The Bertz CT molecular complexity index is 350. The second-order valence-corrected chi connectivity index (χ2v) is 5.59. The molecule has 2 nitrogen and oxygen atoms in total. The van der Waals surface area contributed by atoms with Crippen LogP contribution in [0.25, 0.3) is 0 Å². The van der Waals surface area contributed by atoms with Crippen LogP contribution in [0.4, 0.5) is 5.69 Å². The summed E-state index contributed by atoms with van der Waals surface area (Å²) in [5, 5.41) is 3.56. The predicted octanol–water partition coefficient (Wildman–Crippen LogP) is 3.61. The maximum Gasteiger partial charge on any atom is 0.0366 e. The van der Waals surface area contributed by atoms with Crippen molar-refractivity contribution in [1.82, 2.24) is 5.32 Å². The van der Waals surface area contributed by atoms with Gasteiger partial charge in [0, 0.05) is 24.8 Å². The highest BCUT2D eigenvalue weighted by molar-refractivity contribution is 5.48. The van der Waals surface area contributed by atoms with Crippen molar-refractivity contribution >= 4 is 5.69 Å². The van der Waals surface area contributed by atoms with E-state index in [0.717, 1.165) is 12.6 Å². The standard InChI is InChI=1S/C17H28N2/c1-3-5-6-15-7-9-17(10-8-15)19-13-11-16(12-14-19)18-4-2/h7-10,16,18H,3-6,11-14H2,1-2H3. The van der Waals surface area contributed by atoms with Crippen LogP contribution >= 0.6 is 0 Å². The molecule has 1 aromatic carbocycles. The Hall–Kier alpha value is -1.02. The van der Waals surface area contributed by atoms with Crippen molar-refractivity contribution in [2.75, 3.05) is 24.5 Å². The topological polar surface area (TPSA) is 15.3 Å². The van der Waals surface area contributed by atoms with E-state index in [4.69, 9.17) is 0 Å². The Morgan fingerprint density at radius 3 is 2.37 bits per heavy atom. The highest BCUT2D eigenvalue weighted by Crippen LogP contribution is 2.21. The average Bonchev–Trinajstić information content (AvgIpc) is 2.47. The summed E-state index contributed by atoms with van der Waals surface area (Å²) in [6.07, 6.45) is 6.34. The molecule has 1 aliphatic heterocycles. The number of aryl methyl sites for hydroxylation is 1. The van der Waals surface area contributed by atoms with E-state index in [1.807, 2.05) is 0 Å². The SMILES string of the molecule is CCCCc1ccc(N2CCC(NCC)CC2)cc1. The Labute approximate surface area is 118 Å². The zero-order chi connectivity index (χ0) is 13.5. The summed E-state index contributed by atoms with van der Waals surface area (Å²) in [6.45, 7) is 7.92. The van der Waals surface area contributed by atoms with Gasteiger partial charge in [-0.15, -0.1) is 0 Å². The number of hydrogen-bond acceptors (Lipinski definition) is 2. The van der Waals surface area contributed by atoms with Gasteiger partial charge in [0.25, 0.3) is 0 Å². The Balaban J connectivity index is 1.85. The zero-order valence-electron chi connectivity index (χ0n) is 12.5. The van der Waals surface area contributed by atoms with Gasteiger partial charge in [-0.05, 0) is 49.9 Å². The molecule has 0 amide bonds. The van der Waals surface area contributed by atoms with Gasteiger partial charge in [-0.1, -0.05) is 32.4 Å². The minimum atomic E-state index is 0.727. The number of unbranched alkanes of at least 4 members (excludes halogenated alkanes) is 1. The maximum absolute atomic E-state index is 3.56. The third kappa shape index (κ3) is 4.24. The number of rotatable bonds is 6. The third-order valence-electron chi connectivity index (χ3n) is 4.11. The lowest BCUT2D eigenvalue weighted by Gasteiger charge is -2.34. The van der Waals surface area contributed by atoms with Gasteiger partial charge in [0.05, 0.1) is 0 Å². The molecule has 19 heavy (non-hydrogen) atoms. The molecule has 2 heteroatoms. The van der Waals surface area contributed by atoms with Gasteiger partial charge >= 0.3 is 0 Å². The van der Waals surface area contributed by atoms with Crippen molar-refractivity contribution in [2.24, 2.45) is 0 Å². The molecular formula is C17H28N2. The first-order valence-electron chi connectivity index (χ1n) is 7.90. The molecule has 1 saturated heterocycles. The van der Waals surface area contributed by atoms with Crippen LogP contribution < -0.4 is 10.2 Å². The van der Waals surface area contributed by atoms with E-state index in [0.29, 0.717) is 0 Å². The number of nitrogens with one attached hydrogen (secondary N) is 1. The zero-order valence-corrected chi connectivity index (χ0v) is 12.5. The molecule has 0 atom stereocenters. The average molecular weight is 260 g/mol. The lowest BCUT2D eigenvalue weighted by atomic mass is 10.0. The summed E-state index contributed by atoms with van der Waals surface area (Å²) in [7, 11) is 0. The first kappa shape index (κ1) is 14.4. The van der Waals surface area contributed by atoms with Crippen LogP contribution in [-0.4, -0.2) is 25.7 Å². The minimum absolute atomic E-state index is 0.727. The Morgan fingerprint density at radius 2 is 1.79 bits per heavy atom. The first-order chi connectivity index (χ1) is 9.33. The molecule has 0 unspecified atom stereocenters. The lowest BCUT2D eigenvalue weighted by Crippen LogP contribution is -2.42. The van der Waals surface area contributed by atoms with Crippen molar-refractivity contribution in [3.05, 3.63) is 29.8 Å². The predicted molar refractivity (Wildman–Crippen MR) is 84.0 cm³/mol. The van der Waals surface area contributed by atoms with Gasteiger partial charge in [-0.25, -0.2) is 0 Å². The van der Waals surface area contributed by atoms with Crippen molar-refractivity contribution in [1.29, 1.82) is 0 Å². The van der Waals surface area contributed by atoms with Crippen LogP contribution in [0.5, 0.6) is 0 Å². The van der Waals surface area contributed by atoms with Gasteiger partial charge in [-0.2, -0.15) is 0 Å². The Morgan fingerprint density at radius 1 is 1.11 bits per heavy atom. The van der Waals surface area contributed by atoms with Gasteiger partial charge in [0.15, 0.2) is 0 Å². The van der Waals surface area contributed by atoms with E-state index in [1.165, 1.54) is 56.4 Å². The van der Waals surface area contributed by atoms with Crippen molar-refractivity contribution in [3.63, 3.8) is 0 Å². The minimum Gasteiger partial charge on any atom is -0.371 e. The van der Waals surface area contributed by atoms with Gasteiger partial charge in [-0.3, -0.25) is 0 Å². The molecule has 0 spiro atoms. The van der Waals surface area contributed by atoms with E-state index in [1.54, 1.807) is 0 Å². The summed E-state index contributed by atoms with van der Waals surface area (Å²) in [5.41, 5.74) is 2.88. The molecule has 2 rings (SSSR count). The van der Waals surface area contributed by atoms with E-state index < -0.39 is 0 Å². The third-order valence-corrected chi connectivity index (χ3v) is 4.11. The van der Waals surface area contributed by atoms with E-state index in [2.05, 4.69) is 48.3 Å². The molecule has 1 N–H and O–H groups in total. The number of nitrogens with zero attached hydrogens (tertiary/aromatic N) is 1. The van der Waals surface area contributed by atoms with Crippen LogP contribution in [0.1, 0.15) is 45.1 Å². The molecule has 1 fully saturated rings. The van der Waals surface area contributed by atoms with Gasteiger partial charge in [0.1, 0.15) is 0 Å². The van der Waals surface area contributed by atoms with Crippen LogP contribution in [0, 0.1) is 0 Å². The fourth-order valence-corrected chi connectivity index (χ4v) is 2.88. The largest absolute Gasteiger partial charge is 0.371 e. The Kier molecular flexibility index (Phi) is 5.71. The number of piperidine rings is 1. The molecule has 0 aliphatic carbocycles. The summed E-state index contributed by atoms with van der Waals surface area (Å²) in [4.78, 5) is 2.53. The van der Waals surface area contributed by atoms with Gasteiger partial charge < -0.3 is 10.2 Å². The highest BCUT2D eigenvalue weighted by Gasteiger charge is 2.18. The van der Waals surface area contributed by atoms with Crippen LogP contribution in [0.2, 0.25) is 0 Å². The molecule has 1 aliphatic rings. The normalized spacial score (nSPS) is 16.8. The summed E-state index contributed by atoms with van der Waals surface area (Å²) in [5.74, 6) is 0. The molecular weight excluding hydrogens is 232 g/mol. The fraction of sp³-hybridized carbons (Fsp3) is 0.647. The van der Waals surface area contributed by atoms with Crippen LogP contribution in [-0.2, 0) is 6.42 Å². The number of benzene rings is 1.